The van der Waals surface area contributed by atoms with E-state index in [-0.39, 0.29) is 0 Å². The third-order valence-corrected chi connectivity index (χ3v) is 6.40. The normalized spacial score (nSPS) is 11.9. The molecule has 118 valence electrons. The van der Waals surface area contributed by atoms with Crippen LogP contribution in [0.15, 0.2) is 10.8 Å². The Morgan fingerprint density at radius 3 is 2.65 bits per heavy atom. The Kier molecular flexibility index (Phi) is 3.28. The van der Waals surface area contributed by atoms with E-state index >= 15 is 0 Å². The summed E-state index contributed by atoms with van der Waals surface area (Å²) in [5.74, 6) is 0.737. The van der Waals surface area contributed by atoms with Gasteiger partial charge in [0.1, 0.15) is 17.7 Å². The minimum absolute atomic E-state index is 0.545. The minimum Gasteiger partial charge on any atom is -0.261 e. The molecule has 8 heteroatoms. The summed E-state index contributed by atoms with van der Waals surface area (Å²) in [7, 11) is 0. The van der Waals surface area contributed by atoms with E-state index in [0.717, 1.165) is 37.5 Å². The summed E-state index contributed by atoms with van der Waals surface area (Å²) in [6, 6.07) is 0. The van der Waals surface area contributed by atoms with Gasteiger partial charge in [0.05, 0.1) is 21.2 Å². The summed E-state index contributed by atoms with van der Waals surface area (Å²) in [6.45, 7) is 8.79. The predicted octanol–water partition coefficient (Wildman–Crippen LogP) is 3.58. The van der Waals surface area contributed by atoms with Gasteiger partial charge in [-0.15, -0.1) is 16.4 Å². The third-order valence-electron chi connectivity index (χ3n) is 4.13. The zero-order chi connectivity index (χ0) is 16.3. The van der Waals surface area contributed by atoms with Crippen LogP contribution in [0.5, 0.6) is 0 Å². The molecule has 0 bridgehead atoms. The molecule has 0 unspecified atom stereocenters. The van der Waals surface area contributed by atoms with Gasteiger partial charge in [-0.2, -0.15) is 5.10 Å². The summed E-state index contributed by atoms with van der Waals surface area (Å²) in [5.41, 5.74) is 4.15. The van der Waals surface area contributed by atoms with Gasteiger partial charge in [0.25, 0.3) is 0 Å². The molecule has 0 amide bonds. The second kappa shape index (κ2) is 5.10. The Balaban J connectivity index is 1.85. The Labute approximate surface area is 145 Å². The highest BCUT2D eigenvalue weighted by atomic mass is 79.9. The van der Waals surface area contributed by atoms with Gasteiger partial charge in [-0.1, -0.05) is 0 Å². The van der Waals surface area contributed by atoms with E-state index in [1.807, 2.05) is 18.5 Å². The van der Waals surface area contributed by atoms with Crippen LogP contribution in [0.1, 0.15) is 27.7 Å². The molecular weight excluding hydrogens is 376 g/mol. The SMILES string of the molecule is Cc1nn(Cc2nc3c4c(C)c(C)sc4ncn3n2)c(C)c1Br. The van der Waals surface area contributed by atoms with E-state index < -0.39 is 0 Å². The highest BCUT2D eigenvalue weighted by molar-refractivity contribution is 9.10. The van der Waals surface area contributed by atoms with Crippen LogP contribution in [0, 0.1) is 27.7 Å². The largest absolute Gasteiger partial charge is 0.261 e. The predicted molar refractivity (Wildman–Crippen MR) is 94.1 cm³/mol. The summed E-state index contributed by atoms with van der Waals surface area (Å²) in [5, 5.41) is 10.2. The number of hydrogen-bond acceptors (Lipinski definition) is 5. The number of fused-ring (bicyclic) bond motifs is 3. The van der Waals surface area contributed by atoms with Crippen LogP contribution in [-0.4, -0.2) is 29.4 Å². The van der Waals surface area contributed by atoms with Crippen molar-refractivity contribution in [2.45, 2.75) is 34.2 Å². The maximum absolute atomic E-state index is 4.73. The van der Waals surface area contributed by atoms with Crippen molar-refractivity contribution in [3.63, 3.8) is 0 Å². The van der Waals surface area contributed by atoms with Crippen LogP contribution >= 0.6 is 27.3 Å². The number of halogens is 1. The smallest absolute Gasteiger partial charge is 0.173 e. The van der Waals surface area contributed by atoms with Crippen LogP contribution in [0.3, 0.4) is 0 Å². The maximum atomic E-state index is 4.73. The molecular formula is C15H15BrN6S. The fourth-order valence-corrected chi connectivity index (χ4v) is 3.99. The maximum Gasteiger partial charge on any atom is 0.173 e. The number of hydrogen-bond donors (Lipinski definition) is 0. The fourth-order valence-electron chi connectivity index (χ4n) is 2.72. The van der Waals surface area contributed by atoms with E-state index in [2.05, 4.69) is 45.0 Å². The molecule has 4 aromatic heterocycles. The lowest BCUT2D eigenvalue weighted by atomic mass is 10.2. The second-order valence-electron chi connectivity index (χ2n) is 5.65. The molecule has 0 aliphatic rings. The van der Waals surface area contributed by atoms with Crippen molar-refractivity contribution >= 4 is 43.1 Å². The summed E-state index contributed by atoms with van der Waals surface area (Å²) in [6.07, 6.45) is 1.74. The fraction of sp³-hybridized carbons (Fsp3) is 0.333. The van der Waals surface area contributed by atoms with Crippen molar-refractivity contribution in [2.75, 3.05) is 0 Å². The zero-order valence-corrected chi connectivity index (χ0v) is 15.7. The standard InChI is InChI=1S/C15H15BrN6S/c1-7-10(4)23-15-12(7)14-18-11(20-22(14)6-17-15)5-21-9(3)13(16)8(2)19-21/h6H,5H2,1-4H3. The number of nitrogens with zero attached hydrogens (tertiary/aromatic N) is 6. The first-order valence-corrected chi connectivity index (χ1v) is 8.86. The lowest BCUT2D eigenvalue weighted by Crippen LogP contribution is -2.05. The van der Waals surface area contributed by atoms with Crippen molar-refractivity contribution < 1.29 is 0 Å². The molecule has 0 saturated carbocycles. The van der Waals surface area contributed by atoms with Gasteiger partial charge in [-0.25, -0.2) is 14.5 Å². The highest BCUT2D eigenvalue weighted by Crippen LogP contribution is 2.30. The molecule has 0 N–H and O–H groups in total. The topological polar surface area (TPSA) is 60.9 Å². The lowest BCUT2D eigenvalue weighted by Gasteiger charge is -1.99. The molecule has 0 radical (unpaired) electrons. The van der Waals surface area contributed by atoms with Gasteiger partial charge in [-0.05, 0) is 49.2 Å². The molecule has 23 heavy (non-hydrogen) atoms. The van der Waals surface area contributed by atoms with Gasteiger partial charge in [0, 0.05) is 4.88 Å². The van der Waals surface area contributed by atoms with Crippen LogP contribution in [0.2, 0.25) is 0 Å². The molecule has 4 aromatic rings. The first-order chi connectivity index (χ1) is 11.0. The van der Waals surface area contributed by atoms with E-state index in [1.165, 1.54) is 10.4 Å². The van der Waals surface area contributed by atoms with Gasteiger partial charge in [-0.3, -0.25) is 4.68 Å². The Morgan fingerprint density at radius 1 is 1.17 bits per heavy atom. The van der Waals surface area contributed by atoms with Gasteiger partial charge in [0.2, 0.25) is 0 Å². The van der Waals surface area contributed by atoms with Gasteiger partial charge >= 0.3 is 0 Å². The van der Waals surface area contributed by atoms with E-state index in [9.17, 15) is 0 Å². The van der Waals surface area contributed by atoms with Crippen molar-refractivity contribution in [3.05, 3.63) is 38.5 Å². The summed E-state index contributed by atoms with van der Waals surface area (Å²) in [4.78, 5) is 11.5. The average molecular weight is 391 g/mol. The van der Waals surface area contributed by atoms with E-state index in [0.29, 0.717) is 6.54 Å². The molecule has 0 aliphatic heterocycles. The first kappa shape index (κ1) is 14.8. The second-order valence-corrected chi connectivity index (χ2v) is 7.64. The quantitative estimate of drug-likeness (QED) is 0.524. The monoisotopic (exact) mass is 390 g/mol. The van der Waals surface area contributed by atoms with Crippen molar-refractivity contribution in [3.8, 4) is 0 Å². The molecule has 0 spiro atoms. The van der Waals surface area contributed by atoms with Crippen molar-refractivity contribution in [1.82, 2.24) is 29.4 Å². The van der Waals surface area contributed by atoms with Crippen LogP contribution in [0.25, 0.3) is 15.9 Å². The molecule has 6 nitrogen and oxygen atoms in total. The van der Waals surface area contributed by atoms with E-state index in [4.69, 9.17) is 4.98 Å². The number of aromatic nitrogens is 6. The van der Waals surface area contributed by atoms with Gasteiger partial charge in [0.15, 0.2) is 11.5 Å². The molecule has 0 saturated heterocycles. The summed E-state index contributed by atoms with van der Waals surface area (Å²) < 4.78 is 4.72. The minimum atomic E-state index is 0.545. The average Bonchev–Trinajstić information content (AvgIpc) is 3.12. The molecule has 4 heterocycles. The van der Waals surface area contributed by atoms with E-state index in [1.54, 1.807) is 22.2 Å². The lowest BCUT2D eigenvalue weighted by molar-refractivity contribution is 0.630. The highest BCUT2D eigenvalue weighted by Gasteiger charge is 2.16. The van der Waals surface area contributed by atoms with Crippen LogP contribution in [-0.2, 0) is 6.54 Å². The molecule has 0 fully saturated rings. The summed E-state index contributed by atoms with van der Waals surface area (Å²) >= 11 is 5.25. The molecule has 0 aromatic carbocycles. The molecule has 0 atom stereocenters. The third kappa shape index (κ3) is 2.20. The number of rotatable bonds is 2. The zero-order valence-electron chi connectivity index (χ0n) is 13.3. The first-order valence-electron chi connectivity index (χ1n) is 7.25. The molecule has 0 aliphatic carbocycles. The Hall–Kier alpha value is -1.80. The van der Waals surface area contributed by atoms with Crippen LogP contribution < -0.4 is 0 Å². The van der Waals surface area contributed by atoms with Crippen molar-refractivity contribution in [1.29, 1.82) is 0 Å². The number of aryl methyl sites for hydroxylation is 3. The molecule has 4 rings (SSSR count). The van der Waals surface area contributed by atoms with Gasteiger partial charge < -0.3 is 0 Å². The Morgan fingerprint density at radius 2 is 1.96 bits per heavy atom. The van der Waals surface area contributed by atoms with Crippen molar-refractivity contribution in [2.24, 2.45) is 0 Å². The Bertz CT molecular complexity index is 1060. The van der Waals surface area contributed by atoms with Crippen LogP contribution in [0.4, 0.5) is 0 Å². The number of thiophene rings is 1.